The normalized spacial score (nSPS) is 12.7. The Labute approximate surface area is 253 Å². The molecular formula is C29H24BrN9O4. The van der Waals surface area contributed by atoms with Gasteiger partial charge in [0.2, 0.25) is 11.6 Å². The summed E-state index contributed by atoms with van der Waals surface area (Å²) in [6.07, 6.45) is 3.29. The summed E-state index contributed by atoms with van der Waals surface area (Å²) in [7, 11) is 0. The highest BCUT2D eigenvalue weighted by Crippen LogP contribution is 2.29. The molecule has 3 N–H and O–H groups in total. The van der Waals surface area contributed by atoms with Gasteiger partial charge >= 0.3 is 5.97 Å². The van der Waals surface area contributed by atoms with E-state index in [-0.39, 0.29) is 29.6 Å². The molecule has 1 aliphatic rings. The van der Waals surface area contributed by atoms with E-state index in [2.05, 4.69) is 58.0 Å². The van der Waals surface area contributed by atoms with E-state index in [0.29, 0.717) is 16.8 Å². The van der Waals surface area contributed by atoms with Crippen LogP contribution in [0.5, 0.6) is 5.75 Å². The molecule has 0 atom stereocenters. The van der Waals surface area contributed by atoms with Crippen LogP contribution < -0.4 is 20.8 Å². The van der Waals surface area contributed by atoms with Gasteiger partial charge in [-0.15, -0.1) is 5.10 Å². The fraction of sp³-hybridized carbons (Fsp3) is 0.138. The molecule has 5 aromatic rings. The molecule has 13 nitrogen and oxygen atoms in total. The Hall–Kier alpha value is -5.37. The lowest BCUT2D eigenvalue weighted by Gasteiger charge is -2.31. The molecule has 0 spiro atoms. The average molecular weight is 642 g/mol. The molecule has 0 bridgehead atoms. The van der Waals surface area contributed by atoms with Crippen LogP contribution in [0.15, 0.2) is 87.0 Å². The molecular weight excluding hydrogens is 618 g/mol. The summed E-state index contributed by atoms with van der Waals surface area (Å²) in [5, 5.41) is 19.9. The van der Waals surface area contributed by atoms with Crippen LogP contribution in [-0.2, 0) is 13.0 Å². The van der Waals surface area contributed by atoms with Gasteiger partial charge in [-0.25, -0.2) is 14.8 Å². The maximum atomic E-state index is 13.4. The van der Waals surface area contributed by atoms with Crippen molar-refractivity contribution in [3.63, 3.8) is 0 Å². The lowest BCUT2D eigenvalue weighted by atomic mass is 10.0. The highest BCUT2D eigenvalue weighted by atomic mass is 79.9. The Morgan fingerprint density at radius 3 is 2.72 bits per heavy atom. The van der Waals surface area contributed by atoms with Gasteiger partial charge in [0, 0.05) is 22.3 Å². The van der Waals surface area contributed by atoms with Gasteiger partial charge < -0.3 is 15.4 Å². The second-order valence-corrected chi connectivity index (χ2v) is 10.5. The summed E-state index contributed by atoms with van der Waals surface area (Å²) < 4.78 is 12.4. The van der Waals surface area contributed by atoms with Gasteiger partial charge in [-0.3, -0.25) is 4.79 Å². The molecule has 2 aromatic heterocycles. The van der Waals surface area contributed by atoms with Crippen LogP contribution in [0.4, 0.5) is 11.5 Å². The second kappa shape index (κ2) is 12.2. The summed E-state index contributed by atoms with van der Waals surface area (Å²) in [4.78, 5) is 28.2. The van der Waals surface area contributed by atoms with Crippen LogP contribution in [-0.4, -0.2) is 49.9 Å². The molecule has 0 saturated carbocycles. The van der Waals surface area contributed by atoms with Gasteiger partial charge in [0.25, 0.3) is 5.91 Å². The predicted molar refractivity (Wildman–Crippen MR) is 160 cm³/mol. The third-order valence-corrected chi connectivity index (χ3v) is 7.27. The molecule has 14 heteroatoms. The van der Waals surface area contributed by atoms with E-state index in [1.54, 1.807) is 42.5 Å². The number of nitrogens with two attached hydrogens (primary N) is 1. The molecule has 216 valence electrons. The Balaban J connectivity index is 1.25. The van der Waals surface area contributed by atoms with Crippen molar-refractivity contribution in [1.29, 1.82) is 0 Å². The first-order chi connectivity index (χ1) is 21.0. The summed E-state index contributed by atoms with van der Waals surface area (Å²) in [5.41, 5.74) is 12.0. The minimum Gasteiger partial charge on any atom is -0.422 e. The first kappa shape index (κ1) is 27.8. The largest absolute Gasteiger partial charge is 0.422 e. The Morgan fingerprint density at radius 2 is 1.91 bits per heavy atom. The maximum Gasteiger partial charge on any atom is 0.343 e. The zero-order chi connectivity index (χ0) is 29.8. The number of aromatic nitrogens is 5. The molecule has 0 fully saturated rings. The number of nitrogens with zero attached hydrogens (tertiary/aromatic N) is 7. The number of nitrogens with one attached hydrogen (secondary N) is 1. The van der Waals surface area contributed by atoms with Crippen molar-refractivity contribution >= 4 is 45.5 Å². The quantitative estimate of drug-likeness (QED) is 0.110. The van der Waals surface area contributed by atoms with E-state index in [1.807, 2.05) is 24.3 Å². The van der Waals surface area contributed by atoms with Crippen molar-refractivity contribution in [2.24, 2.45) is 5.10 Å². The smallest absolute Gasteiger partial charge is 0.343 e. The van der Waals surface area contributed by atoms with Crippen molar-refractivity contribution in [2.45, 2.75) is 19.4 Å². The number of para-hydroxylation sites is 1. The summed E-state index contributed by atoms with van der Waals surface area (Å²) >= 11 is 3.42. The van der Waals surface area contributed by atoms with Crippen LogP contribution in [0.3, 0.4) is 0 Å². The lowest BCUT2D eigenvalue weighted by Crippen LogP contribution is -2.31. The molecule has 0 saturated heterocycles. The number of hydrogen-bond acceptors (Lipinski definition) is 11. The first-order valence-electron chi connectivity index (χ1n) is 13.2. The zero-order valence-corrected chi connectivity index (χ0v) is 24.1. The SMILES string of the molecule is Nc1nonc1-n1nnc(C(=O)N/N=C/c2cc(Br)ccc2OC(=O)c2ccccc2)c1CN1CCCc2ccccc21. The van der Waals surface area contributed by atoms with Crippen LogP contribution in [0.2, 0.25) is 0 Å². The number of halogens is 1. The average Bonchev–Trinajstić information content (AvgIpc) is 3.64. The number of esters is 1. The molecule has 3 aromatic carbocycles. The van der Waals surface area contributed by atoms with E-state index in [9.17, 15) is 9.59 Å². The highest BCUT2D eigenvalue weighted by Gasteiger charge is 2.27. The number of aryl methyl sites for hydroxylation is 1. The molecule has 43 heavy (non-hydrogen) atoms. The summed E-state index contributed by atoms with van der Waals surface area (Å²) in [6, 6.07) is 21.8. The van der Waals surface area contributed by atoms with Crippen molar-refractivity contribution < 1.29 is 19.0 Å². The fourth-order valence-corrected chi connectivity index (χ4v) is 5.12. The molecule has 0 aliphatic carbocycles. The molecule has 1 amide bonds. The Morgan fingerprint density at radius 1 is 1.09 bits per heavy atom. The van der Waals surface area contributed by atoms with Crippen LogP contribution in [0.1, 0.15) is 44.1 Å². The van der Waals surface area contributed by atoms with E-state index in [0.717, 1.165) is 29.5 Å². The number of rotatable bonds is 8. The maximum absolute atomic E-state index is 13.4. The van der Waals surface area contributed by atoms with Crippen molar-refractivity contribution in [3.05, 3.63) is 105 Å². The van der Waals surface area contributed by atoms with Gasteiger partial charge in [0.05, 0.1) is 24.0 Å². The number of fused-ring (bicyclic) bond motifs is 1. The van der Waals surface area contributed by atoms with E-state index in [1.165, 1.54) is 16.5 Å². The second-order valence-electron chi connectivity index (χ2n) is 9.56. The third kappa shape index (κ3) is 5.99. The molecule has 6 rings (SSSR count). The van der Waals surface area contributed by atoms with Crippen molar-refractivity contribution in [1.82, 2.24) is 30.7 Å². The summed E-state index contributed by atoms with van der Waals surface area (Å²) in [6.45, 7) is 1.05. The lowest BCUT2D eigenvalue weighted by molar-refractivity contribution is 0.0734. The molecule has 3 heterocycles. The monoisotopic (exact) mass is 641 g/mol. The number of carbonyl (C=O) groups is 2. The molecule has 0 unspecified atom stereocenters. The number of ether oxygens (including phenoxy) is 1. The first-order valence-corrected chi connectivity index (χ1v) is 14.0. The minimum atomic E-state index is -0.615. The van der Waals surface area contributed by atoms with Crippen LogP contribution in [0.25, 0.3) is 5.82 Å². The highest BCUT2D eigenvalue weighted by molar-refractivity contribution is 9.10. The molecule has 0 radical (unpaired) electrons. The van der Waals surface area contributed by atoms with E-state index in [4.69, 9.17) is 15.1 Å². The van der Waals surface area contributed by atoms with Gasteiger partial charge in [0.15, 0.2) is 5.69 Å². The van der Waals surface area contributed by atoms with Gasteiger partial charge in [-0.05, 0) is 65.1 Å². The van der Waals surface area contributed by atoms with Gasteiger partial charge in [-0.1, -0.05) is 57.5 Å². The minimum absolute atomic E-state index is 0.00223. The number of carbonyl (C=O) groups excluding carboxylic acids is 2. The van der Waals surface area contributed by atoms with Crippen LogP contribution >= 0.6 is 15.9 Å². The standard InChI is InChI=1S/C29H24BrN9O4/c30-21-12-13-24(42-29(41)19-8-2-1-3-9-19)20(15-21)16-32-34-28(40)25-23(39(37-33-25)27-26(31)35-43-36-27)17-38-14-6-10-18-7-4-5-11-22(18)38/h1-5,7-9,11-13,15-16H,6,10,14,17H2,(H2,31,35)(H,34,40)/b32-16+. The predicted octanol–water partition coefficient (Wildman–Crippen LogP) is 3.93. The number of anilines is 2. The summed E-state index contributed by atoms with van der Waals surface area (Å²) in [5.74, 6) is -0.754. The number of hydrogen-bond donors (Lipinski definition) is 2. The number of hydrazone groups is 1. The van der Waals surface area contributed by atoms with E-state index < -0.39 is 11.9 Å². The van der Waals surface area contributed by atoms with Crippen molar-refractivity contribution in [2.75, 3.05) is 17.2 Å². The topological polar surface area (TPSA) is 167 Å². The third-order valence-electron chi connectivity index (χ3n) is 6.78. The van der Waals surface area contributed by atoms with Crippen LogP contribution in [0, 0.1) is 0 Å². The Kier molecular flexibility index (Phi) is 7.91. The Bertz CT molecular complexity index is 1820. The van der Waals surface area contributed by atoms with Gasteiger partial charge in [-0.2, -0.15) is 9.78 Å². The molecule has 1 aliphatic heterocycles. The van der Waals surface area contributed by atoms with E-state index >= 15 is 0 Å². The zero-order valence-electron chi connectivity index (χ0n) is 22.6. The van der Waals surface area contributed by atoms with Crippen molar-refractivity contribution in [3.8, 4) is 11.6 Å². The van der Waals surface area contributed by atoms with Gasteiger partial charge in [0.1, 0.15) is 5.75 Å². The fourth-order valence-electron chi connectivity index (χ4n) is 4.74. The number of amides is 1. The number of benzene rings is 3. The number of nitrogen functional groups attached to an aromatic ring is 1.